The van der Waals surface area contributed by atoms with Crippen molar-refractivity contribution in [3.8, 4) is 0 Å². The molecule has 0 atom stereocenters. The number of carbonyl (C=O) groups excluding carboxylic acids is 2. The summed E-state index contributed by atoms with van der Waals surface area (Å²) in [6, 6.07) is 8.70. The highest BCUT2D eigenvalue weighted by Gasteiger charge is 1.84. The number of carbonyl (C=O) groups is 2. The van der Waals surface area contributed by atoms with Gasteiger partial charge in [0.25, 0.3) is 0 Å². The molecule has 0 bridgehead atoms. The van der Waals surface area contributed by atoms with Gasteiger partial charge in [-0.2, -0.15) is 0 Å². The first kappa shape index (κ1) is 12.7. The second-order valence-electron chi connectivity index (χ2n) is 2.55. The van der Waals surface area contributed by atoms with Crippen LogP contribution in [-0.4, -0.2) is 11.9 Å². The van der Waals surface area contributed by atoms with E-state index in [2.05, 4.69) is 11.5 Å². The van der Waals surface area contributed by atoms with E-state index in [9.17, 15) is 4.79 Å². The fraction of sp³-hybridized carbons (Fsp3) is 0. The highest BCUT2D eigenvalue weighted by atomic mass is 16.2. The topological polar surface area (TPSA) is 112 Å². The molecule has 0 unspecified atom stereocenters. The fourth-order valence-electron chi connectivity index (χ4n) is 0.743. The monoisotopic (exact) mass is 207 g/mol. The van der Waals surface area contributed by atoms with Crippen molar-refractivity contribution in [3.05, 3.63) is 42.0 Å². The summed E-state index contributed by atoms with van der Waals surface area (Å²) in [4.78, 5) is 19.3. The minimum Gasteiger partial charge on any atom is -0.366 e. The molecule has 1 aromatic rings. The van der Waals surface area contributed by atoms with Gasteiger partial charge in [-0.05, 0) is 11.6 Å². The first-order chi connectivity index (χ1) is 7.02. The van der Waals surface area contributed by atoms with Gasteiger partial charge >= 0.3 is 6.03 Å². The quantitative estimate of drug-likeness (QED) is 0.602. The molecular formula is C10H13N3O2. The fourth-order valence-corrected chi connectivity index (χ4v) is 0.743. The SMILES string of the molecule is NC(=O)/C=C/c1ccccc1.NC(N)=O. The van der Waals surface area contributed by atoms with Gasteiger partial charge in [0, 0.05) is 6.08 Å². The van der Waals surface area contributed by atoms with Crippen molar-refractivity contribution in [3.63, 3.8) is 0 Å². The smallest absolute Gasteiger partial charge is 0.309 e. The van der Waals surface area contributed by atoms with Gasteiger partial charge in [0.05, 0.1) is 0 Å². The van der Waals surface area contributed by atoms with Crippen molar-refractivity contribution < 1.29 is 9.59 Å². The lowest BCUT2D eigenvalue weighted by molar-refractivity contribution is -0.113. The molecule has 5 heteroatoms. The van der Waals surface area contributed by atoms with Crippen LogP contribution < -0.4 is 17.2 Å². The summed E-state index contributed by atoms with van der Waals surface area (Å²) in [5, 5.41) is 0. The van der Waals surface area contributed by atoms with Crippen LogP contribution in [0.1, 0.15) is 5.56 Å². The molecule has 0 heterocycles. The van der Waals surface area contributed by atoms with Crippen LogP contribution in [0.4, 0.5) is 4.79 Å². The molecule has 0 aliphatic heterocycles. The maximum Gasteiger partial charge on any atom is 0.309 e. The van der Waals surface area contributed by atoms with Crippen LogP contribution in [0.25, 0.3) is 6.08 Å². The maximum absolute atomic E-state index is 10.3. The summed E-state index contributed by atoms with van der Waals surface area (Å²) < 4.78 is 0. The third-order valence-corrected chi connectivity index (χ3v) is 1.24. The summed E-state index contributed by atoms with van der Waals surface area (Å²) >= 11 is 0. The zero-order valence-electron chi connectivity index (χ0n) is 8.09. The Morgan fingerprint density at radius 1 is 1.00 bits per heavy atom. The second-order valence-corrected chi connectivity index (χ2v) is 2.55. The largest absolute Gasteiger partial charge is 0.366 e. The van der Waals surface area contributed by atoms with Gasteiger partial charge in [0.15, 0.2) is 0 Å². The van der Waals surface area contributed by atoms with E-state index in [-0.39, 0.29) is 0 Å². The van der Waals surface area contributed by atoms with Crippen LogP contribution in [0, 0.1) is 0 Å². The van der Waals surface area contributed by atoms with E-state index in [1.54, 1.807) is 6.08 Å². The number of rotatable bonds is 2. The molecule has 0 radical (unpaired) electrons. The Hall–Kier alpha value is -2.30. The molecule has 0 spiro atoms. The van der Waals surface area contributed by atoms with E-state index in [1.807, 2.05) is 30.3 Å². The van der Waals surface area contributed by atoms with Gasteiger partial charge in [-0.1, -0.05) is 30.3 Å². The summed E-state index contributed by atoms with van der Waals surface area (Å²) in [5.41, 5.74) is 14.4. The summed E-state index contributed by atoms with van der Waals surface area (Å²) in [6.45, 7) is 0. The molecule has 15 heavy (non-hydrogen) atoms. The standard InChI is InChI=1S/C9H9NO.CH4N2O/c10-9(11)7-6-8-4-2-1-3-5-8;2-1(3)4/h1-7H,(H2,10,11);(H4,2,3,4)/b7-6+;. The Kier molecular flexibility index (Phi) is 6.04. The molecule has 1 aromatic carbocycles. The molecule has 0 aromatic heterocycles. The van der Waals surface area contributed by atoms with E-state index in [0.29, 0.717) is 0 Å². The number of amides is 3. The maximum atomic E-state index is 10.3. The molecular weight excluding hydrogens is 194 g/mol. The van der Waals surface area contributed by atoms with Gasteiger partial charge in [-0.3, -0.25) is 4.79 Å². The van der Waals surface area contributed by atoms with Crippen LogP contribution in [0.5, 0.6) is 0 Å². The zero-order valence-corrected chi connectivity index (χ0v) is 8.09. The minimum absolute atomic E-state index is 0.422. The van der Waals surface area contributed by atoms with Crippen molar-refractivity contribution in [2.24, 2.45) is 17.2 Å². The second kappa shape index (κ2) is 7.14. The number of primary amides is 3. The van der Waals surface area contributed by atoms with Crippen molar-refractivity contribution >= 4 is 18.0 Å². The highest BCUT2D eigenvalue weighted by molar-refractivity contribution is 5.90. The van der Waals surface area contributed by atoms with Crippen LogP contribution in [-0.2, 0) is 4.79 Å². The Labute approximate surface area is 87.6 Å². The van der Waals surface area contributed by atoms with Crippen molar-refractivity contribution in [1.82, 2.24) is 0 Å². The van der Waals surface area contributed by atoms with E-state index in [1.165, 1.54) is 6.08 Å². The lowest BCUT2D eigenvalue weighted by Crippen LogP contribution is -2.18. The average Bonchev–Trinajstić information content (AvgIpc) is 2.15. The Balaban J connectivity index is 0.000000423. The highest BCUT2D eigenvalue weighted by Crippen LogP contribution is 1.99. The molecule has 6 N–H and O–H groups in total. The average molecular weight is 207 g/mol. The first-order valence-corrected chi connectivity index (χ1v) is 4.10. The minimum atomic E-state index is -0.833. The van der Waals surface area contributed by atoms with E-state index in [4.69, 9.17) is 10.5 Å². The van der Waals surface area contributed by atoms with Gasteiger partial charge < -0.3 is 17.2 Å². The Bertz CT molecular complexity index is 343. The number of hydrogen-bond acceptors (Lipinski definition) is 2. The molecule has 80 valence electrons. The van der Waals surface area contributed by atoms with E-state index >= 15 is 0 Å². The van der Waals surface area contributed by atoms with Crippen LogP contribution in [0.3, 0.4) is 0 Å². The van der Waals surface area contributed by atoms with Gasteiger partial charge in [0.2, 0.25) is 5.91 Å². The van der Waals surface area contributed by atoms with Gasteiger partial charge in [-0.25, -0.2) is 4.79 Å². The van der Waals surface area contributed by atoms with Crippen LogP contribution >= 0.6 is 0 Å². The normalized spacial score (nSPS) is 9.07. The molecule has 1 rings (SSSR count). The molecule has 3 amide bonds. The molecule has 0 aliphatic rings. The number of nitrogens with two attached hydrogens (primary N) is 3. The molecule has 0 saturated heterocycles. The predicted octanol–water partition coefficient (Wildman–Crippen LogP) is 0.209. The zero-order chi connectivity index (χ0) is 11.7. The lowest BCUT2D eigenvalue weighted by Gasteiger charge is -1.88. The van der Waals surface area contributed by atoms with Crippen molar-refractivity contribution in [1.29, 1.82) is 0 Å². The summed E-state index contributed by atoms with van der Waals surface area (Å²) in [5.74, 6) is -0.422. The van der Waals surface area contributed by atoms with E-state index in [0.717, 1.165) is 5.56 Å². The summed E-state index contributed by atoms with van der Waals surface area (Å²) in [6.07, 6.45) is 3.03. The van der Waals surface area contributed by atoms with Crippen molar-refractivity contribution in [2.75, 3.05) is 0 Å². The first-order valence-electron chi connectivity index (χ1n) is 4.10. The van der Waals surface area contributed by atoms with Gasteiger partial charge in [-0.15, -0.1) is 0 Å². The number of hydrogen-bond donors (Lipinski definition) is 3. The number of urea groups is 1. The van der Waals surface area contributed by atoms with Gasteiger partial charge in [0.1, 0.15) is 0 Å². The van der Waals surface area contributed by atoms with Crippen LogP contribution in [0.15, 0.2) is 36.4 Å². The van der Waals surface area contributed by atoms with Crippen LogP contribution in [0.2, 0.25) is 0 Å². The molecule has 5 nitrogen and oxygen atoms in total. The van der Waals surface area contributed by atoms with Crippen molar-refractivity contribution in [2.45, 2.75) is 0 Å². The Morgan fingerprint density at radius 3 is 1.87 bits per heavy atom. The Morgan fingerprint density at radius 2 is 1.47 bits per heavy atom. The summed E-state index contributed by atoms with van der Waals surface area (Å²) in [7, 11) is 0. The van der Waals surface area contributed by atoms with E-state index < -0.39 is 11.9 Å². The molecule has 0 fully saturated rings. The molecule has 0 saturated carbocycles. The lowest BCUT2D eigenvalue weighted by atomic mass is 10.2. The third kappa shape index (κ3) is 9.62. The third-order valence-electron chi connectivity index (χ3n) is 1.24. The predicted molar refractivity (Wildman–Crippen MR) is 58.4 cm³/mol. The molecule has 0 aliphatic carbocycles. The number of benzene rings is 1.